The molecule has 1 atom stereocenters. The van der Waals surface area contributed by atoms with Crippen molar-refractivity contribution in [2.45, 2.75) is 19.4 Å². The smallest absolute Gasteiger partial charge is 0.231 e. The lowest BCUT2D eigenvalue weighted by molar-refractivity contribution is -0.131. The maximum Gasteiger partial charge on any atom is 0.231 e. The number of carbonyl (C=O) groups excluding carboxylic acids is 1. The van der Waals surface area contributed by atoms with Gasteiger partial charge in [0, 0.05) is 20.1 Å². The average Bonchev–Trinajstić information content (AvgIpc) is 2.51. The van der Waals surface area contributed by atoms with Gasteiger partial charge >= 0.3 is 0 Å². The van der Waals surface area contributed by atoms with Crippen molar-refractivity contribution < 1.29 is 4.79 Å². The Kier molecular flexibility index (Phi) is 7.09. The van der Waals surface area contributed by atoms with Crippen molar-refractivity contribution in [3.63, 3.8) is 0 Å². The van der Waals surface area contributed by atoms with Crippen LogP contribution in [-0.4, -0.2) is 24.4 Å². The van der Waals surface area contributed by atoms with Gasteiger partial charge in [0.25, 0.3) is 0 Å². The van der Waals surface area contributed by atoms with E-state index in [-0.39, 0.29) is 24.2 Å². The highest BCUT2D eigenvalue weighted by atomic mass is 35.5. The summed E-state index contributed by atoms with van der Waals surface area (Å²) in [6.45, 7) is 2.99. The van der Waals surface area contributed by atoms with E-state index in [1.807, 2.05) is 49.5 Å². The number of likely N-dealkylation sites (N-methyl/N-ethyl adjacent to an activating group) is 1. The molecule has 0 radical (unpaired) electrons. The largest absolute Gasteiger partial charge is 0.341 e. The lowest BCUT2D eigenvalue weighted by atomic mass is 9.97. The minimum atomic E-state index is -0.278. The van der Waals surface area contributed by atoms with E-state index in [2.05, 4.69) is 19.1 Å². The third-order valence-corrected chi connectivity index (χ3v) is 3.78. The van der Waals surface area contributed by atoms with Gasteiger partial charge in [0.15, 0.2) is 0 Å². The highest BCUT2D eigenvalue weighted by molar-refractivity contribution is 5.85. The molecule has 4 heteroatoms. The van der Waals surface area contributed by atoms with E-state index in [0.717, 1.165) is 11.1 Å². The third-order valence-electron chi connectivity index (χ3n) is 3.78. The topological polar surface area (TPSA) is 46.3 Å². The number of benzene rings is 2. The predicted octanol–water partition coefficient (Wildman–Crippen LogP) is 3.12. The van der Waals surface area contributed by atoms with Gasteiger partial charge in [-0.15, -0.1) is 12.4 Å². The fourth-order valence-electron chi connectivity index (χ4n) is 2.45. The molecule has 0 aliphatic carbocycles. The highest BCUT2D eigenvalue weighted by Crippen LogP contribution is 2.18. The van der Waals surface area contributed by atoms with Crippen molar-refractivity contribution in [1.82, 2.24) is 4.90 Å². The molecular weight excluding hydrogens is 296 g/mol. The maximum absolute atomic E-state index is 12.6. The zero-order valence-electron chi connectivity index (χ0n) is 13.0. The Labute approximate surface area is 138 Å². The third kappa shape index (κ3) is 4.33. The molecule has 2 aromatic rings. The Balaban J connectivity index is 0.00000242. The molecule has 118 valence electrons. The van der Waals surface area contributed by atoms with Crippen LogP contribution < -0.4 is 5.73 Å². The van der Waals surface area contributed by atoms with Crippen LogP contribution in [0.15, 0.2) is 54.6 Å². The van der Waals surface area contributed by atoms with Gasteiger partial charge in [0.1, 0.15) is 0 Å². The standard InChI is InChI=1S/C18H22N2O.ClH/c1-14-8-6-7-11-16(14)13-20(2)18(21)17(12-19)15-9-4-3-5-10-15;/h3-11,17H,12-13,19H2,1-2H3;1H. The van der Waals surface area contributed by atoms with Crippen LogP contribution in [0.5, 0.6) is 0 Å². The van der Waals surface area contributed by atoms with Gasteiger partial charge in [-0.2, -0.15) is 0 Å². The molecule has 22 heavy (non-hydrogen) atoms. The van der Waals surface area contributed by atoms with E-state index >= 15 is 0 Å². The molecule has 1 unspecified atom stereocenters. The summed E-state index contributed by atoms with van der Waals surface area (Å²) in [6, 6.07) is 17.8. The van der Waals surface area contributed by atoms with Crippen LogP contribution in [0.3, 0.4) is 0 Å². The Morgan fingerprint density at radius 3 is 2.27 bits per heavy atom. The fraction of sp³-hybridized carbons (Fsp3) is 0.278. The summed E-state index contributed by atoms with van der Waals surface area (Å²) in [5.41, 5.74) is 9.15. The predicted molar refractivity (Wildman–Crippen MR) is 93.1 cm³/mol. The summed E-state index contributed by atoms with van der Waals surface area (Å²) >= 11 is 0. The van der Waals surface area contributed by atoms with E-state index in [0.29, 0.717) is 13.1 Å². The molecule has 2 rings (SSSR count). The van der Waals surface area contributed by atoms with E-state index in [4.69, 9.17) is 5.73 Å². The molecule has 2 aromatic carbocycles. The second-order valence-electron chi connectivity index (χ2n) is 5.32. The first-order chi connectivity index (χ1) is 10.1. The lowest BCUT2D eigenvalue weighted by Crippen LogP contribution is -2.35. The number of hydrogen-bond acceptors (Lipinski definition) is 2. The molecule has 2 N–H and O–H groups in total. The first-order valence-electron chi connectivity index (χ1n) is 7.18. The lowest BCUT2D eigenvalue weighted by Gasteiger charge is -2.24. The minimum absolute atomic E-state index is 0. The Morgan fingerprint density at radius 1 is 1.09 bits per heavy atom. The summed E-state index contributed by atoms with van der Waals surface area (Å²) in [4.78, 5) is 14.4. The van der Waals surface area contributed by atoms with E-state index in [9.17, 15) is 4.79 Å². The van der Waals surface area contributed by atoms with E-state index in [1.54, 1.807) is 4.90 Å². The molecule has 0 aromatic heterocycles. The molecule has 0 saturated heterocycles. The molecule has 0 aliphatic rings. The summed E-state index contributed by atoms with van der Waals surface area (Å²) < 4.78 is 0. The second-order valence-corrected chi connectivity index (χ2v) is 5.32. The van der Waals surface area contributed by atoms with Crippen LogP contribution in [0.2, 0.25) is 0 Å². The molecule has 0 saturated carbocycles. The van der Waals surface area contributed by atoms with Gasteiger partial charge in [0.05, 0.1) is 5.92 Å². The van der Waals surface area contributed by atoms with Crippen molar-refractivity contribution in [2.24, 2.45) is 5.73 Å². The van der Waals surface area contributed by atoms with Gasteiger partial charge in [-0.1, -0.05) is 54.6 Å². The first kappa shape index (κ1) is 18.2. The van der Waals surface area contributed by atoms with Crippen molar-refractivity contribution in [1.29, 1.82) is 0 Å². The highest BCUT2D eigenvalue weighted by Gasteiger charge is 2.22. The number of amides is 1. The molecular formula is C18H23ClN2O. The molecule has 0 aliphatic heterocycles. The number of carbonyl (C=O) groups is 1. The number of halogens is 1. The zero-order valence-corrected chi connectivity index (χ0v) is 13.8. The number of rotatable bonds is 5. The molecule has 3 nitrogen and oxygen atoms in total. The fourth-order valence-corrected chi connectivity index (χ4v) is 2.45. The Hall–Kier alpha value is -1.84. The summed E-state index contributed by atoms with van der Waals surface area (Å²) in [6.07, 6.45) is 0. The van der Waals surface area contributed by atoms with Gasteiger partial charge in [-0.05, 0) is 23.6 Å². The van der Waals surface area contributed by atoms with Crippen molar-refractivity contribution >= 4 is 18.3 Å². The summed E-state index contributed by atoms with van der Waals surface area (Å²) in [5, 5.41) is 0. The number of hydrogen-bond donors (Lipinski definition) is 1. The Morgan fingerprint density at radius 2 is 1.68 bits per heavy atom. The minimum Gasteiger partial charge on any atom is -0.341 e. The van der Waals surface area contributed by atoms with Crippen LogP contribution in [-0.2, 0) is 11.3 Å². The van der Waals surface area contributed by atoms with Crippen LogP contribution in [0.1, 0.15) is 22.6 Å². The second kappa shape index (κ2) is 8.57. The summed E-state index contributed by atoms with van der Waals surface area (Å²) in [7, 11) is 1.83. The Bertz CT molecular complexity index is 601. The SMILES string of the molecule is Cc1ccccc1CN(C)C(=O)C(CN)c1ccccc1.Cl. The maximum atomic E-state index is 12.6. The van der Waals surface area contributed by atoms with Crippen LogP contribution in [0.25, 0.3) is 0 Å². The van der Waals surface area contributed by atoms with Crippen LogP contribution in [0, 0.1) is 6.92 Å². The monoisotopic (exact) mass is 318 g/mol. The first-order valence-corrected chi connectivity index (χ1v) is 7.18. The van der Waals surface area contributed by atoms with Gasteiger partial charge in [-0.3, -0.25) is 4.79 Å². The molecule has 0 fully saturated rings. The van der Waals surface area contributed by atoms with Crippen LogP contribution >= 0.6 is 12.4 Å². The van der Waals surface area contributed by atoms with Gasteiger partial charge in [-0.25, -0.2) is 0 Å². The van der Waals surface area contributed by atoms with E-state index < -0.39 is 0 Å². The molecule has 1 amide bonds. The molecule has 0 bridgehead atoms. The van der Waals surface area contributed by atoms with Gasteiger partial charge in [0.2, 0.25) is 5.91 Å². The number of aryl methyl sites for hydroxylation is 1. The summed E-state index contributed by atoms with van der Waals surface area (Å²) in [5.74, 6) is -0.216. The van der Waals surface area contributed by atoms with Crippen LogP contribution in [0.4, 0.5) is 0 Å². The van der Waals surface area contributed by atoms with Crippen molar-refractivity contribution in [2.75, 3.05) is 13.6 Å². The quantitative estimate of drug-likeness (QED) is 0.920. The average molecular weight is 319 g/mol. The normalized spacial score (nSPS) is 11.4. The molecule has 0 spiro atoms. The van der Waals surface area contributed by atoms with E-state index in [1.165, 1.54) is 5.56 Å². The van der Waals surface area contributed by atoms with Crippen molar-refractivity contribution in [3.8, 4) is 0 Å². The van der Waals surface area contributed by atoms with Crippen molar-refractivity contribution in [3.05, 3.63) is 71.3 Å². The van der Waals surface area contributed by atoms with Gasteiger partial charge < -0.3 is 10.6 Å². The molecule has 0 heterocycles. The zero-order chi connectivity index (χ0) is 15.2. The number of nitrogens with two attached hydrogens (primary N) is 1. The number of nitrogens with zero attached hydrogens (tertiary/aromatic N) is 1.